The zero-order valence-corrected chi connectivity index (χ0v) is 9.44. The molecule has 12 heavy (non-hydrogen) atoms. The number of nitrogens with zero attached hydrogens (tertiary/aromatic N) is 1. The van der Waals surface area contributed by atoms with Crippen LogP contribution in [0.15, 0.2) is 0 Å². The van der Waals surface area contributed by atoms with Crippen LogP contribution in [0.25, 0.3) is 0 Å². The molecule has 0 aliphatic heterocycles. The Bertz CT molecular complexity index is 125. The average molecular weight is 169 g/mol. The minimum atomic E-state index is 0.241. The molecule has 0 aromatic carbocycles. The van der Waals surface area contributed by atoms with Gasteiger partial charge in [0, 0.05) is 5.92 Å². The van der Waals surface area contributed by atoms with Gasteiger partial charge in [-0.15, -0.1) is 0 Å². The highest BCUT2D eigenvalue weighted by Crippen LogP contribution is 2.16. The molecule has 0 spiro atoms. The van der Waals surface area contributed by atoms with Gasteiger partial charge in [0.05, 0.1) is 6.07 Å². The first-order valence-electron chi connectivity index (χ1n) is 4.77. The molecule has 0 N–H and O–H groups in total. The summed E-state index contributed by atoms with van der Waals surface area (Å²) in [6.45, 7) is 12.9. The molecule has 1 unspecified atom stereocenters. The first-order chi connectivity index (χ1) is 5.37. The summed E-state index contributed by atoms with van der Waals surface area (Å²) >= 11 is 0. The van der Waals surface area contributed by atoms with Crippen LogP contribution in [0.5, 0.6) is 0 Å². The second-order valence-corrected chi connectivity index (χ2v) is 4.35. The monoisotopic (exact) mass is 169 g/mol. The van der Waals surface area contributed by atoms with Gasteiger partial charge in [0.2, 0.25) is 0 Å². The summed E-state index contributed by atoms with van der Waals surface area (Å²) in [5, 5.41) is 8.08. The SMILES string of the molecule is CCC(C)(C)C.CCC(C)C#N. The van der Waals surface area contributed by atoms with Crippen molar-refractivity contribution in [3.8, 4) is 6.07 Å². The molecule has 0 aromatic rings. The predicted molar refractivity (Wildman–Crippen MR) is 54.8 cm³/mol. The van der Waals surface area contributed by atoms with Crippen LogP contribution in [0.2, 0.25) is 0 Å². The third-order valence-corrected chi connectivity index (χ3v) is 1.89. The summed E-state index contributed by atoms with van der Waals surface area (Å²) < 4.78 is 0. The maximum atomic E-state index is 8.08. The van der Waals surface area contributed by atoms with Crippen molar-refractivity contribution in [2.75, 3.05) is 0 Å². The lowest BCUT2D eigenvalue weighted by Crippen LogP contribution is -2.00. The van der Waals surface area contributed by atoms with Gasteiger partial charge in [0.1, 0.15) is 0 Å². The lowest BCUT2D eigenvalue weighted by Gasteiger charge is -2.12. The molecular weight excluding hydrogens is 146 g/mol. The van der Waals surface area contributed by atoms with E-state index < -0.39 is 0 Å². The van der Waals surface area contributed by atoms with Crippen molar-refractivity contribution in [1.82, 2.24) is 0 Å². The van der Waals surface area contributed by atoms with Gasteiger partial charge in [-0.25, -0.2) is 0 Å². The molecule has 0 aliphatic rings. The van der Waals surface area contributed by atoms with Crippen LogP contribution >= 0.6 is 0 Å². The van der Waals surface area contributed by atoms with E-state index in [1.165, 1.54) is 6.42 Å². The maximum Gasteiger partial charge on any atom is 0.0652 e. The quantitative estimate of drug-likeness (QED) is 0.582. The topological polar surface area (TPSA) is 23.8 Å². The number of nitriles is 1. The second kappa shape index (κ2) is 7.16. The summed E-state index contributed by atoms with van der Waals surface area (Å²) in [7, 11) is 0. The van der Waals surface area contributed by atoms with E-state index in [0.29, 0.717) is 5.41 Å². The fourth-order valence-electron chi connectivity index (χ4n) is 0.0913. The fraction of sp³-hybridized carbons (Fsp3) is 0.909. The molecule has 0 amide bonds. The molecule has 0 bridgehead atoms. The van der Waals surface area contributed by atoms with E-state index in [0.717, 1.165) is 6.42 Å². The standard InChI is InChI=1S/C6H14.C5H9N/c1-5-6(2,3)4;1-3-5(2)4-6/h5H2,1-4H3;5H,3H2,1-2H3. The molecule has 0 aromatic heterocycles. The van der Waals surface area contributed by atoms with Crippen LogP contribution in [-0.4, -0.2) is 0 Å². The van der Waals surface area contributed by atoms with Crippen molar-refractivity contribution >= 4 is 0 Å². The van der Waals surface area contributed by atoms with Crippen molar-refractivity contribution in [3.63, 3.8) is 0 Å². The van der Waals surface area contributed by atoms with E-state index in [-0.39, 0.29) is 5.92 Å². The largest absolute Gasteiger partial charge is 0.198 e. The zero-order valence-electron chi connectivity index (χ0n) is 9.44. The fourth-order valence-corrected chi connectivity index (χ4v) is 0.0913. The summed E-state index contributed by atoms with van der Waals surface area (Å²) in [6.07, 6.45) is 2.24. The molecule has 0 fully saturated rings. The van der Waals surface area contributed by atoms with Crippen LogP contribution in [0.4, 0.5) is 0 Å². The Hall–Kier alpha value is -0.510. The molecule has 0 rings (SSSR count). The molecule has 0 saturated carbocycles. The molecule has 0 heterocycles. The lowest BCUT2D eigenvalue weighted by atomic mass is 9.94. The lowest BCUT2D eigenvalue weighted by molar-refractivity contribution is 0.398. The van der Waals surface area contributed by atoms with E-state index >= 15 is 0 Å². The predicted octanol–water partition coefficient (Wildman–Crippen LogP) is 4.00. The molecule has 1 heteroatoms. The van der Waals surface area contributed by atoms with Gasteiger partial charge in [-0.1, -0.05) is 41.0 Å². The van der Waals surface area contributed by atoms with Crippen LogP contribution < -0.4 is 0 Å². The van der Waals surface area contributed by atoms with Crippen molar-refractivity contribution in [1.29, 1.82) is 5.26 Å². The minimum absolute atomic E-state index is 0.241. The summed E-state index contributed by atoms with van der Waals surface area (Å²) in [5.74, 6) is 0.241. The second-order valence-electron chi connectivity index (χ2n) is 4.35. The van der Waals surface area contributed by atoms with Gasteiger partial charge in [-0.3, -0.25) is 0 Å². The van der Waals surface area contributed by atoms with Gasteiger partial charge < -0.3 is 0 Å². The molecule has 72 valence electrons. The first-order valence-corrected chi connectivity index (χ1v) is 4.77. The number of rotatable bonds is 1. The van der Waals surface area contributed by atoms with Crippen LogP contribution in [0, 0.1) is 22.7 Å². The molecule has 0 radical (unpaired) electrons. The Morgan fingerprint density at radius 3 is 1.58 bits per heavy atom. The maximum absolute atomic E-state index is 8.08. The van der Waals surface area contributed by atoms with Crippen molar-refractivity contribution < 1.29 is 0 Å². The van der Waals surface area contributed by atoms with Gasteiger partial charge in [0.15, 0.2) is 0 Å². The molecule has 0 saturated heterocycles. The van der Waals surface area contributed by atoms with Crippen LogP contribution in [0.1, 0.15) is 54.4 Å². The molecular formula is C11H23N. The van der Waals surface area contributed by atoms with E-state index in [4.69, 9.17) is 5.26 Å². The highest BCUT2D eigenvalue weighted by atomic mass is 14.2. The summed E-state index contributed by atoms with van der Waals surface area (Å²) in [5.41, 5.74) is 0.542. The normalized spacial score (nSPS) is 12.4. The Morgan fingerprint density at radius 2 is 1.58 bits per heavy atom. The third kappa shape index (κ3) is 16.2. The van der Waals surface area contributed by atoms with Crippen molar-refractivity contribution in [2.24, 2.45) is 11.3 Å². The van der Waals surface area contributed by atoms with Crippen molar-refractivity contribution in [3.05, 3.63) is 0 Å². The van der Waals surface area contributed by atoms with Gasteiger partial charge in [-0.2, -0.15) is 5.26 Å². The molecule has 0 aliphatic carbocycles. The Balaban J connectivity index is 0. The first kappa shape index (κ1) is 14.0. The highest BCUT2D eigenvalue weighted by Gasteiger charge is 2.03. The molecule has 1 nitrogen and oxygen atoms in total. The van der Waals surface area contributed by atoms with Crippen LogP contribution in [0.3, 0.4) is 0 Å². The van der Waals surface area contributed by atoms with Gasteiger partial charge >= 0.3 is 0 Å². The summed E-state index contributed by atoms with van der Waals surface area (Å²) in [6, 6.07) is 2.11. The van der Waals surface area contributed by atoms with Gasteiger partial charge in [-0.05, 0) is 18.8 Å². The zero-order chi connectivity index (χ0) is 10.2. The highest BCUT2D eigenvalue weighted by molar-refractivity contribution is 4.76. The Morgan fingerprint density at radius 1 is 1.25 bits per heavy atom. The minimum Gasteiger partial charge on any atom is -0.198 e. The number of hydrogen-bond donors (Lipinski definition) is 0. The van der Waals surface area contributed by atoms with Crippen LogP contribution in [-0.2, 0) is 0 Å². The summed E-state index contributed by atoms with van der Waals surface area (Å²) in [4.78, 5) is 0. The van der Waals surface area contributed by atoms with E-state index in [1.54, 1.807) is 0 Å². The molecule has 1 atom stereocenters. The Kier molecular flexibility index (Phi) is 8.37. The van der Waals surface area contributed by atoms with E-state index in [1.807, 2.05) is 13.8 Å². The number of hydrogen-bond acceptors (Lipinski definition) is 1. The smallest absolute Gasteiger partial charge is 0.0652 e. The van der Waals surface area contributed by atoms with Gasteiger partial charge in [0.25, 0.3) is 0 Å². The average Bonchev–Trinajstić information content (AvgIpc) is 2.03. The van der Waals surface area contributed by atoms with Crippen molar-refractivity contribution in [2.45, 2.75) is 54.4 Å². The third-order valence-electron chi connectivity index (χ3n) is 1.89. The van der Waals surface area contributed by atoms with E-state index in [2.05, 4.69) is 33.8 Å². The Labute approximate surface area is 77.8 Å². The van der Waals surface area contributed by atoms with E-state index in [9.17, 15) is 0 Å².